The average molecular weight is 228 g/mol. The molecular weight excluding hydrogens is 208 g/mol. The van der Waals surface area contributed by atoms with Crippen LogP contribution in [0.25, 0.3) is 0 Å². The number of hydrogen-bond donors (Lipinski definition) is 2. The Hall–Kier alpha value is -1.23. The molecule has 1 heterocycles. The van der Waals surface area contributed by atoms with E-state index in [-0.39, 0.29) is 17.7 Å². The summed E-state index contributed by atoms with van der Waals surface area (Å²) in [7, 11) is 0. The van der Waals surface area contributed by atoms with Gasteiger partial charge in [-0.3, -0.25) is 4.79 Å². The van der Waals surface area contributed by atoms with Crippen molar-refractivity contribution in [2.24, 2.45) is 11.7 Å². The summed E-state index contributed by atoms with van der Waals surface area (Å²) in [5.74, 6) is 0.468. The van der Waals surface area contributed by atoms with Gasteiger partial charge in [0.1, 0.15) is 19.5 Å². The van der Waals surface area contributed by atoms with Crippen LogP contribution in [0.3, 0.4) is 0 Å². The van der Waals surface area contributed by atoms with Crippen LogP contribution in [0.5, 0.6) is 0 Å². The minimum absolute atomic E-state index is 0.0149. The maximum Gasteiger partial charge on any atom is 0.289 e. The van der Waals surface area contributed by atoms with E-state index in [1.807, 2.05) is 0 Å². The molecular formula is C11H20N2O3. The Bertz CT molecular complexity index is 264. The Balaban J connectivity index is 2.44. The van der Waals surface area contributed by atoms with E-state index >= 15 is 0 Å². The van der Waals surface area contributed by atoms with Gasteiger partial charge in [0.25, 0.3) is 5.91 Å². The molecule has 1 atom stereocenters. The van der Waals surface area contributed by atoms with Crippen LogP contribution in [0.4, 0.5) is 0 Å². The molecule has 0 aromatic carbocycles. The van der Waals surface area contributed by atoms with Crippen molar-refractivity contribution in [1.29, 1.82) is 0 Å². The molecule has 92 valence electrons. The molecule has 1 rings (SSSR count). The molecule has 1 unspecified atom stereocenters. The Labute approximate surface area is 96.0 Å². The molecule has 0 saturated carbocycles. The van der Waals surface area contributed by atoms with Crippen molar-refractivity contribution in [2.75, 3.05) is 19.8 Å². The van der Waals surface area contributed by atoms with Crippen molar-refractivity contribution < 1.29 is 14.3 Å². The summed E-state index contributed by atoms with van der Waals surface area (Å²) in [4.78, 5) is 11.7. The monoisotopic (exact) mass is 228 g/mol. The highest BCUT2D eigenvalue weighted by molar-refractivity contribution is 5.91. The first-order chi connectivity index (χ1) is 7.63. The summed E-state index contributed by atoms with van der Waals surface area (Å²) >= 11 is 0. The topological polar surface area (TPSA) is 73.6 Å². The number of nitrogens with one attached hydrogen (secondary N) is 1. The fraction of sp³-hybridized carbons (Fsp3) is 0.727. The van der Waals surface area contributed by atoms with Gasteiger partial charge in [0.2, 0.25) is 5.76 Å². The van der Waals surface area contributed by atoms with Crippen LogP contribution in [-0.4, -0.2) is 31.7 Å². The van der Waals surface area contributed by atoms with Crippen LogP contribution < -0.4 is 11.1 Å². The number of nitrogens with two attached hydrogens (primary N) is 1. The van der Waals surface area contributed by atoms with Crippen molar-refractivity contribution in [3.8, 4) is 0 Å². The number of carbonyl (C=O) groups is 1. The zero-order chi connectivity index (χ0) is 12.0. The maximum absolute atomic E-state index is 11.7. The highest BCUT2D eigenvalue weighted by Crippen LogP contribution is 2.07. The van der Waals surface area contributed by atoms with Crippen molar-refractivity contribution in [3.05, 3.63) is 12.0 Å². The zero-order valence-corrected chi connectivity index (χ0v) is 9.86. The van der Waals surface area contributed by atoms with Crippen LogP contribution in [0.15, 0.2) is 12.0 Å². The summed E-state index contributed by atoms with van der Waals surface area (Å²) in [6, 6.07) is -0.0149. The molecule has 0 bridgehead atoms. The number of carbonyl (C=O) groups excluding carboxylic acids is 1. The summed E-state index contributed by atoms with van der Waals surface area (Å²) in [6.45, 7) is 5.51. The highest BCUT2D eigenvalue weighted by atomic mass is 16.6. The Morgan fingerprint density at radius 3 is 2.81 bits per heavy atom. The summed E-state index contributed by atoms with van der Waals surface area (Å²) in [5, 5.41) is 2.83. The van der Waals surface area contributed by atoms with Gasteiger partial charge in [-0.25, -0.2) is 0 Å². The molecule has 16 heavy (non-hydrogen) atoms. The SMILES string of the molecule is CC(C)CC(CN)NC(=O)C1=COCCO1. The fourth-order valence-electron chi connectivity index (χ4n) is 1.53. The van der Waals surface area contributed by atoms with Crippen LogP contribution in [0.1, 0.15) is 20.3 Å². The van der Waals surface area contributed by atoms with Gasteiger partial charge in [0, 0.05) is 12.6 Å². The van der Waals surface area contributed by atoms with Crippen molar-refractivity contribution >= 4 is 5.91 Å². The minimum atomic E-state index is -0.254. The van der Waals surface area contributed by atoms with Gasteiger partial charge in [-0.2, -0.15) is 0 Å². The van der Waals surface area contributed by atoms with Gasteiger partial charge in [0.05, 0.1) is 0 Å². The van der Waals surface area contributed by atoms with Crippen LogP contribution >= 0.6 is 0 Å². The summed E-state index contributed by atoms with van der Waals surface area (Å²) < 4.78 is 10.2. The lowest BCUT2D eigenvalue weighted by Crippen LogP contribution is -2.42. The molecule has 0 fully saturated rings. The third kappa shape index (κ3) is 4.10. The quantitative estimate of drug-likeness (QED) is 0.712. The molecule has 0 radical (unpaired) electrons. The summed E-state index contributed by atoms with van der Waals surface area (Å²) in [5.41, 5.74) is 5.59. The Morgan fingerprint density at radius 2 is 2.31 bits per heavy atom. The van der Waals surface area contributed by atoms with E-state index in [1.165, 1.54) is 6.26 Å². The molecule has 1 aliphatic heterocycles. The van der Waals surface area contributed by atoms with Crippen LogP contribution in [-0.2, 0) is 14.3 Å². The van der Waals surface area contributed by atoms with Gasteiger partial charge in [-0.05, 0) is 12.3 Å². The number of hydrogen-bond acceptors (Lipinski definition) is 4. The summed E-state index contributed by atoms with van der Waals surface area (Å²) in [6.07, 6.45) is 2.21. The first kappa shape index (κ1) is 12.8. The second kappa shape index (κ2) is 6.37. The smallest absolute Gasteiger partial charge is 0.289 e. The average Bonchev–Trinajstić information content (AvgIpc) is 2.28. The highest BCUT2D eigenvalue weighted by Gasteiger charge is 2.18. The van der Waals surface area contributed by atoms with Gasteiger partial charge in [-0.1, -0.05) is 13.8 Å². The van der Waals surface area contributed by atoms with Crippen molar-refractivity contribution in [2.45, 2.75) is 26.3 Å². The van der Waals surface area contributed by atoms with Crippen molar-refractivity contribution in [1.82, 2.24) is 5.32 Å². The molecule has 0 saturated heterocycles. The molecule has 3 N–H and O–H groups in total. The third-order valence-corrected chi connectivity index (χ3v) is 2.25. The zero-order valence-electron chi connectivity index (χ0n) is 9.86. The van der Waals surface area contributed by atoms with E-state index in [2.05, 4.69) is 19.2 Å². The van der Waals surface area contributed by atoms with Gasteiger partial charge >= 0.3 is 0 Å². The molecule has 0 aromatic rings. The molecule has 5 heteroatoms. The van der Waals surface area contributed by atoms with Crippen LogP contribution in [0.2, 0.25) is 0 Å². The van der Waals surface area contributed by atoms with Gasteiger partial charge < -0.3 is 20.5 Å². The number of amides is 1. The Morgan fingerprint density at radius 1 is 1.56 bits per heavy atom. The molecule has 0 aliphatic carbocycles. The standard InChI is InChI=1S/C11H20N2O3/c1-8(2)5-9(6-12)13-11(14)10-7-15-3-4-16-10/h7-9H,3-6,12H2,1-2H3,(H,13,14). The molecule has 1 aliphatic rings. The third-order valence-electron chi connectivity index (χ3n) is 2.25. The minimum Gasteiger partial charge on any atom is -0.494 e. The second-order valence-electron chi connectivity index (χ2n) is 4.24. The first-order valence-electron chi connectivity index (χ1n) is 5.59. The molecule has 1 amide bonds. The van der Waals surface area contributed by atoms with E-state index in [0.717, 1.165) is 6.42 Å². The predicted molar refractivity (Wildman–Crippen MR) is 60.4 cm³/mol. The van der Waals surface area contributed by atoms with E-state index in [1.54, 1.807) is 0 Å². The van der Waals surface area contributed by atoms with Gasteiger partial charge in [-0.15, -0.1) is 0 Å². The lowest BCUT2D eigenvalue weighted by Gasteiger charge is -2.21. The first-order valence-corrected chi connectivity index (χ1v) is 5.59. The molecule has 0 aromatic heterocycles. The van der Waals surface area contributed by atoms with E-state index in [4.69, 9.17) is 15.2 Å². The number of rotatable bonds is 5. The van der Waals surface area contributed by atoms with Crippen molar-refractivity contribution in [3.63, 3.8) is 0 Å². The normalized spacial score (nSPS) is 17.1. The fourth-order valence-corrected chi connectivity index (χ4v) is 1.53. The lowest BCUT2D eigenvalue weighted by molar-refractivity contribution is -0.123. The maximum atomic E-state index is 11.7. The lowest BCUT2D eigenvalue weighted by atomic mass is 10.0. The predicted octanol–water partition coefficient (Wildman–Crippen LogP) is 0.364. The van der Waals surface area contributed by atoms with Gasteiger partial charge in [0.15, 0.2) is 0 Å². The molecule has 5 nitrogen and oxygen atoms in total. The van der Waals surface area contributed by atoms with E-state index in [9.17, 15) is 4.79 Å². The van der Waals surface area contributed by atoms with E-state index < -0.39 is 0 Å². The second-order valence-corrected chi connectivity index (χ2v) is 4.24. The largest absolute Gasteiger partial charge is 0.494 e. The number of ether oxygens (including phenoxy) is 2. The molecule has 0 spiro atoms. The van der Waals surface area contributed by atoms with E-state index in [0.29, 0.717) is 25.7 Å². The van der Waals surface area contributed by atoms with Crippen LogP contribution in [0, 0.1) is 5.92 Å². The Kier molecular flexibility index (Phi) is 5.11.